The van der Waals surface area contributed by atoms with Gasteiger partial charge < -0.3 is 14.2 Å². The van der Waals surface area contributed by atoms with E-state index in [-0.39, 0.29) is 33.3 Å². The van der Waals surface area contributed by atoms with Crippen LogP contribution in [0.1, 0.15) is 20.8 Å². The lowest BCUT2D eigenvalue weighted by molar-refractivity contribution is 0.0844. The molecule has 0 radical (unpaired) electrons. The summed E-state index contributed by atoms with van der Waals surface area (Å²) < 4.78 is 44.2. The van der Waals surface area contributed by atoms with E-state index < -0.39 is 21.8 Å². The number of rotatable bonds is 8. The number of ether oxygens (including phenoxy) is 3. The molecule has 0 unspecified atom stereocenters. The lowest BCUT2D eigenvalue weighted by atomic mass is 10.2. The Kier molecular flexibility index (Phi) is 7.53. The van der Waals surface area contributed by atoms with Gasteiger partial charge in [-0.05, 0) is 42.5 Å². The molecule has 0 atom stereocenters. The van der Waals surface area contributed by atoms with Gasteiger partial charge in [0.25, 0.3) is 21.8 Å². The third-order valence-electron chi connectivity index (χ3n) is 4.56. The molecule has 1 heterocycles. The van der Waals surface area contributed by atoms with E-state index in [1.54, 1.807) is 18.2 Å². The molecule has 0 aliphatic heterocycles. The second-order valence-corrected chi connectivity index (χ2v) is 8.31. The predicted molar refractivity (Wildman–Crippen MR) is 123 cm³/mol. The van der Waals surface area contributed by atoms with Crippen LogP contribution in [0.25, 0.3) is 0 Å². The zero-order chi connectivity index (χ0) is 24.7. The lowest BCUT2D eigenvalue weighted by Crippen LogP contribution is -2.42. The molecule has 0 saturated heterocycles. The Balaban J connectivity index is 1.84. The van der Waals surface area contributed by atoms with E-state index in [1.165, 1.54) is 57.9 Å². The molecule has 2 aromatic carbocycles. The van der Waals surface area contributed by atoms with Crippen molar-refractivity contribution in [1.82, 2.24) is 15.8 Å². The van der Waals surface area contributed by atoms with Gasteiger partial charge in [0, 0.05) is 17.8 Å². The maximum atomic E-state index is 13.1. The summed E-state index contributed by atoms with van der Waals surface area (Å²) in [4.78, 5) is 28.2. The second-order valence-electron chi connectivity index (χ2n) is 6.66. The standard InChI is InChI=1S/C22H22N4O7S/c1-31-15-8-9-16(19(13-15)33-3)26-34(29,30)20-12-14(7-10-18(20)32-2)21(27)24-25-22(28)17-6-4-5-11-23-17/h4-13,26H,1-3H3,(H,24,27)(H,25,28). The molecular weight excluding hydrogens is 464 g/mol. The van der Waals surface area contributed by atoms with Gasteiger partial charge >= 0.3 is 0 Å². The number of sulfonamides is 1. The third-order valence-corrected chi connectivity index (χ3v) is 5.94. The van der Waals surface area contributed by atoms with E-state index in [1.807, 2.05) is 0 Å². The number of benzene rings is 2. The molecule has 2 amide bonds. The number of nitrogens with one attached hydrogen (secondary N) is 3. The number of nitrogens with zero attached hydrogens (tertiary/aromatic N) is 1. The first-order valence-corrected chi connectivity index (χ1v) is 11.2. The second kappa shape index (κ2) is 10.5. The van der Waals surface area contributed by atoms with Crippen LogP contribution in [-0.2, 0) is 10.0 Å². The highest BCUT2D eigenvalue weighted by atomic mass is 32.2. The fraction of sp³-hybridized carbons (Fsp3) is 0.136. The van der Waals surface area contributed by atoms with Gasteiger partial charge in [0.2, 0.25) is 0 Å². The van der Waals surface area contributed by atoms with E-state index in [4.69, 9.17) is 14.2 Å². The highest BCUT2D eigenvalue weighted by Crippen LogP contribution is 2.33. The van der Waals surface area contributed by atoms with E-state index in [0.717, 1.165) is 6.07 Å². The Bertz CT molecular complexity index is 1300. The van der Waals surface area contributed by atoms with Crippen LogP contribution >= 0.6 is 0 Å². The van der Waals surface area contributed by atoms with Crippen molar-refractivity contribution in [2.24, 2.45) is 0 Å². The van der Waals surface area contributed by atoms with Gasteiger partial charge in [0.1, 0.15) is 27.8 Å². The maximum Gasteiger partial charge on any atom is 0.288 e. The summed E-state index contributed by atoms with van der Waals surface area (Å²) in [5.41, 5.74) is 4.66. The van der Waals surface area contributed by atoms with Gasteiger partial charge in [0.05, 0.1) is 27.0 Å². The van der Waals surface area contributed by atoms with Crippen LogP contribution in [-0.4, -0.2) is 46.5 Å². The first-order chi connectivity index (χ1) is 16.3. The average Bonchev–Trinajstić information content (AvgIpc) is 2.87. The topological polar surface area (TPSA) is 145 Å². The fourth-order valence-electron chi connectivity index (χ4n) is 2.86. The molecule has 1 aromatic heterocycles. The van der Waals surface area contributed by atoms with Crippen molar-refractivity contribution in [1.29, 1.82) is 0 Å². The number of carbonyl (C=O) groups is 2. The first kappa shape index (κ1) is 24.3. The Morgan fingerprint density at radius 1 is 0.824 bits per heavy atom. The Morgan fingerprint density at radius 2 is 1.56 bits per heavy atom. The van der Waals surface area contributed by atoms with Crippen molar-refractivity contribution in [3.8, 4) is 17.2 Å². The molecule has 3 N–H and O–H groups in total. The molecule has 178 valence electrons. The number of carbonyl (C=O) groups excluding carboxylic acids is 2. The van der Waals surface area contributed by atoms with Gasteiger partial charge in [-0.15, -0.1) is 0 Å². The number of pyridine rings is 1. The number of methoxy groups -OCH3 is 3. The van der Waals surface area contributed by atoms with E-state index in [9.17, 15) is 18.0 Å². The number of aromatic nitrogens is 1. The zero-order valence-electron chi connectivity index (χ0n) is 18.5. The molecule has 0 aliphatic carbocycles. The zero-order valence-corrected chi connectivity index (χ0v) is 19.3. The molecule has 11 nitrogen and oxygen atoms in total. The molecule has 0 fully saturated rings. The number of hydrogen-bond donors (Lipinski definition) is 3. The van der Waals surface area contributed by atoms with Crippen LogP contribution in [0.2, 0.25) is 0 Å². The Hall–Kier alpha value is -4.32. The highest BCUT2D eigenvalue weighted by molar-refractivity contribution is 7.92. The Labute approximate surface area is 196 Å². The summed E-state index contributed by atoms with van der Waals surface area (Å²) in [5.74, 6) is -0.667. The summed E-state index contributed by atoms with van der Waals surface area (Å²) in [6.45, 7) is 0. The van der Waals surface area contributed by atoms with Crippen LogP contribution in [0.5, 0.6) is 17.2 Å². The van der Waals surface area contributed by atoms with Crippen molar-refractivity contribution >= 4 is 27.5 Å². The number of hydrazine groups is 1. The number of amides is 2. The number of hydrogen-bond acceptors (Lipinski definition) is 8. The molecular formula is C22H22N4O7S. The molecule has 0 aliphatic rings. The number of anilines is 1. The minimum atomic E-state index is -4.21. The summed E-state index contributed by atoms with van der Waals surface area (Å²) in [6, 6.07) is 13.1. The molecule has 0 bridgehead atoms. The average molecular weight is 487 g/mol. The highest BCUT2D eigenvalue weighted by Gasteiger charge is 2.23. The van der Waals surface area contributed by atoms with E-state index >= 15 is 0 Å². The minimum absolute atomic E-state index is 0.00838. The summed E-state index contributed by atoms with van der Waals surface area (Å²) in [5, 5.41) is 0. The van der Waals surface area contributed by atoms with E-state index in [2.05, 4.69) is 20.6 Å². The molecule has 3 rings (SSSR count). The van der Waals surface area contributed by atoms with Crippen LogP contribution in [0.15, 0.2) is 65.7 Å². The van der Waals surface area contributed by atoms with E-state index in [0.29, 0.717) is 5.75 Å². The maximum absolute atomic E-state index is 13.1. The molecule has 0 spiro atoms. The summed E-state index contributed by atoms with van der Waals surface area (Å²) in [6.07, 6.45) is 1.43. The third kappa shape index (κ3) is 5.53. The molecule has 3 aromatic rings. The van der Waals surface area contributed by atoms with Crippen LogP contribution in [0.3, 0.4) is 0 Å². The molecule has 34 heavy (non-hydrogen) atoms. The summed E-state index contributed by atoms with van der Waals surface area (Å²) in [7, 11) is -0.0536. The predicted octanol–water partition coefficient (Wildman–Crippen LogP) is 1.98. The largest absolute Gasteiger partial charge is 0.497 e. The van der Waals surface area contributed by atoms with Gasteiger partial charge in [-0.2, -0.15) is 0 Å². The van der Waals surface area contributed by atoms with Gasteiger partial charge in [0.15, 0.2) is 0 Å². The first-order valence-electron chi connectivity index (χ1n) is 9.73. The normalized spacial score (nSPS) is 10.7. The van der Waals surface area contributed by atoms with Crippen LogP contribution in [0, 0.1) is 0 Å². The fourth-order valence-corrected chi connectivity index (χ4v) is 4.12. The smallest absolute Gasteiger partial charge is 0.288 e. The van der Waals surface area contributed by atoms with Gasteiger partial charge in [-0.25, -0.2) is 8.42 Å². The Morgan fingerprint density at radius 3 is 2.21 bits per heavy atom. The minimum Gasteiger partial charge on any atom is -0.497 e. The molecule has 0 saturated carbocycles. The van der Waals surface area contributed by atoms with Crippen molar-refractivity contribution in [3.05, 3.63) is 72.1 Å². The molecule has 12 heteroatoms. The lowest BCUT2D eigenvalue weighted by Gasteiger charge is -2.15. The van der Waals surface area contributed by atoms with Crippen molar-refractivity contribution in [3.63, 3.8) is 0 Å². The van der Waals surface area contributed by atoms with Gasteiger partial charge in [-0.1, -0.05) is 6.07 Å². The van der Waals surface area contributed by atoms with Crippen LogP contribution in [0.4, 0.5) is 5.69 Å². The van der Waals surface area contributed by atoms with Crippen molar-refractivity contribution in [2.75, 3.05) is 26.1 Å². The summed E-state index contributed by atoms with van der Waals surface area (Å²) >= 11 is 0. The van der Waals surface area contributed by atoms with Gasteiger partial charge in [-0.3, -0.25) is 30.1 Å². The van der Waals surface area contributed by atoms with Crippen molar-refractivity contribution < 1.29 is 32.2 Å². The monoisotopic (exact) mass is 486 g/mol. The van der Waals surface area contributed by atoms with Crippen molar-refractivity contribution in [2.45, 2.75) is 4.90 Å². The quantitative estimate of drug-likeness (QED) is 0.410. The SMILES string of the molecule is COc1ccc(NS(=O)(=O)c2cc(C(=O)NNC(=O)c3ccccn3)ccc2OC)c(OC)c1. The van der Waals surface area contributed by atoms with Crippen LogP contribution < -0.4 is 29.8 Å².